The minimum Gasteiger partial charge on any atom is -0.253 e. The van der Waals surface area contributed by atoms with E-state index in [1.807, 2.05) is 6.92 Å². The van der Waals surface area contributed by atoms with Gasteiger partial charge in [-0.15, -0.1) is 0 Å². The van der Waals surface area contributed by atoms with E-state index in [0.717, 1.165) is 12.8 Å². The van der Waals surface area contributed by atoms with E-state index in [4.69, 9.17) is 10.5 Å². The summed E-state index contributed by atoms with van der Waals surface area (Å²) in [5, 5.41) is 19.6. The van der Waals surface area contributed by atoms with E-state index in [0.29, 0.717) is 19.0 Å². The summed E-state index contributed by atoms with van der Waals surface area (Å²) in [6, 6.07) is 4.72. The molecule has 1 unspecified atom stereocenters. The summed E-state index contributed by atoms with van der Waals surface area (Å²) in [5.74, 6) is 0. The maximum atomic E-state index is 9.00. The third-order valence-electron chi connectivity index (χ3n) is 3.10. The first kappa shape index (κ1) is 13.0. The Hall–Kier alpha value is -1.10. The minimum atomic E-state index is -0.123. The van der Waals surface area contributed by atoms with Crippen LogP contribution in [0, 0.1) is 22.7 Å². The molecule has 0 spiro atoms. The van der Waals surface area contributed by atoms with Crippen molar-refractivity contribution in [1.29, 1.82) is 10.5 Å². The van der Waals surface area contributed by atoms with Crippen LogP contribution in [-0.4, -0.2) is 23.6 Å². The minimum absolute atomic E-state index is 0.123. The second kappa shape index (κ2) is 7.22. The monoisotopic (exact) mass is 220 g/mol. The fourth-order valence-electron chi connectivity index (χ4n) is 2.24. The van der Waals surface area contributed by atoms with Crippen LogP contribution in [0.5, 0.6) is 0 Å². The molecule has 0 saturated heterocycles. The highest BCUT2D eigenvalue weighted by atomic mass is 15.5. The van der Waals surface area contributed by atoms with Gasteiger partial charge in [-0.3, -0.25) is 5.43 Å². The Balaban J connectivity index is 2.49. The summed E-state index contributed by atoms with van der Waals surface area (Å²) in [6.45, 7) is 2.55. The zero-order valence-corrected chi connectivity index (χ0v) is 9.95. The van der Waals surface area contributed by atoms with Gasteiger partial charge >= 0.3 is 0 Å². The predicted molar refractivity (Wildman–Crippen MR) is 62.0 cm³/mol. The average molecular weight is 220 g/mol. The van der Waals surface area contributed by atoms with Gasteiger partial charge in [-0.05, 0) is 19.8 Å². The predicted octanol–water partition coefficient (Wildman–Crippen LogP) is 1.95. The molecule has 0 bridgehead atoms. The van der Waals surface area contributed by atoms with E-state index in [9.17, 15) is 0 Å². The van der Waals surface area contributed by atoms with Gasteiger partial charge in [0.25, 0.3) is 0 Å². The molecule has 4 heteroatoms. The standard InChI is InChI=1S/C12H20N4/c1-11(10-14)16(15-9-5-8-13)12-6-3-2-4-7-12/h11-12,15H,2-7,9H2,1H3. The molecule has 88 valence electrons. The van der Waals surface area contributed by atoms with Crippen LogP contribution in [0.15, 0.2) is 0 Å². The van der Waals surface area contributed by atoms with E-state index < -0.39 is 0 Å². The van der Waals surface area contributed by atoms with Crippen molar-refractivity contribution in [2.45, 2.75) is 57.5 Å². The molecule has 1 aliphatic rings. The number of hydrogen-bond acceptors (Lipinski definition) is 4. The van der Waals surface area contributed by atoms with Crippen molar-refractivity contribution >= 4 is 0 Å². The number of nitrogens with zero attached hydrogens (tertiary/aromatic N) is 3. The van der Waals surface area contributed by atoms with Gasteiger partial charge in [0.05, 0.1) is 12.1 Å². The Morgan fingerprint density at radius 2 is 2.00 bits per heavy atom. The number of nitriles is 2. The molecule has 1 rings (SSSR count). The van der Waals surface area contributed by atoms with Crippen LogP contribution in [0.1, 0.15) is 45.4 Å². The van der Waals surface area contributed by atoms with Gasteiger partial charge in [-0.1, -0.05) is 19.3 Å². The molecule has 0 aromatic carbocycles. The van der Waals surface area contributed by atoms with Crippen molar-refractivity contribution in [2.24, 2.45) is 0 Å². The summed E-state index contributed by atoms with van der Waals surface area (Å²) >= 11 is 0. The largest absolute Gasteiger partial charge is 0.253 e. The molecule has 16 heavy (non-hydrogen) atoms. The van der Waals surface area contributed by atoms with Gasteiger partial charge in [-0.25, -0.2) is 5.01 Å². The Labute approximate surface area is 97.8 Å². The highest BCUT2D eigenvalue weighted by molar-refractivity contribution is 4.90. The van der Waals surface area contributed by atoms with Crippen molar-refractivity contribution in [3.05, 3.63) is 0 Å². The third-order valence-corrected chi connectivity index (χ3v) is 3.10. The molecule has 0 amide bonds. The first-order chi connectivity index (χ1) is 7.79. The van der Waals surface area contributed by atoms with E-state index in [1.165, 1.54) is 19.3 Å². The highest BCUT2D eigenvalue weighted by Gasteiger charge is 2.24. The Bertz CT molecular complexity index is 270. The molecule has 1 aliphatic carbocycles. The van der Waals surface area contributed by atoms with Crippen molar-refractivity contribution in [1.82, 2.24) is 10.4 Å². The molecule has 0 radical (unpaired) electrons. The molecule has 1 N–H and O–H groups in total. The topological polar surface area (TPSA) is 62.9 Å². The third kappa shape index (κ3) is 3.81. The molecular formula is C12H20N4. The lowest BCUT2D eigenvalue weighted by atomic mass is 9.94. The van der Waals surface area contributed by atoms with E-state index in [2.05, 4.69) is 22.6 Å². The van der Waals surface area contributed by atoms with Gasteiger partial charge in [0, 0.05) is 19.0 Å². The second-order valence-corrected chi connectivity index (χ2v) is 4.32. The summed E-state index contributed by atoms with van der Waals surface area (Å²) in [6.07, 6.45) is 6.61. The number of hydrogen-bond donors (Lipinski definition) is 1. The quantitative estimate of drug-likeness (QED) is 0.568. The van der Waals surface area contributed by atoms with Crippen LogP contribution < -0.4 is 5.43 Å². The van der Waals surface area contributed by atoms with E-state index in [1.54, 1.807) is 0 Å². The fraction of sp³-hybridized carbons (Fsp3) is 0.833. The Morgan fingerprint density at radius 3 is 2.56 bits per heavy atom. The maximum absolute atomic E-state index is 9.00. The molecule has 0 aromatic heterocycles. The van der Waals surface area contributed by atoms with Crippen molar-refractivity contribution in [2.75, 3.05) is 6.54 Å². The van der Waals surface area contributed by atoms with Gasteiger partial charge in [0.1, 0.15) is 6.04 Å². The lowest BCUT2D eigenvalue weighted by Gasteiger charge is -2.36. The highest BCUT2D eigenvalue weighted by Crippen LogP contribution is 2.22. The summed E-state index contributed by atoms with van der Waals surface area (Å²) < 4.78 is 0. The second-order valence-electron chi connectivity index (χ2n) is 4.32. The zero-order chi connectivity index (χ0) is 11.8. The van der Waals surface area contributed by atoms with Crippen molar-refractivity contribution < 1.29 is 0 Å². The van der Waals surface area contributed by atoms with Gasteiger partial charge in [0.2, 0.25) is 0 Å². The molecule has 0 aromatic rings. The molecule has 1 fully saturated rings. The normalized spacial score (nSPS) is 19.0. The molecule has 1 saturated carbocycles. The van der Waals surface area contributed by atoms with Crippen LogP contribution in [0.2, 0.25) is 0 Å². The van der Waals surface area contributed by atoms with Crippen molar-refractivity contribution in [3.63, 3.8) is 0 Å². The number of hydrazine groups is 1. The summed E-state index contributed by atoms with van der Waals surface area (Å²) in [4.78, 5) is 0. The van der Waals surface area contributed by atoms with Crippen LogP contribution in [0.25, 0.3) is 0 Å². The summed E-state index contributed by atoms with van der Waals surface area (Å²) in [7, 11) is 0. The Kier molecular flexibility index (Phi) is 5.85. The fourth-order valence-corrected chi connectivity index (χ4v) is 2.24. The lowest BCUT2D eigenvalue weighted by molar-refractivity contribution is 0.0770. The van der Waals surface area contributed by atoms with Crippen LogP contribution >= 0.6 is 0 Å². The molecule has 0 heterocycles. The number of rotatable bonds is 5. The molecule has 1 atom stereocenters. The van der Waals surface area contributed by atoms with Crippen LogP contribution in [-0.2, 0) is 0 Å². The molecule has 0 aliphatic heterocycles. The van der Waals surface area contributed by atoms with Crippen LogP contribution in [0.3, 0.4) is 0 Å². The van der Waals surface area contributed by atoms with Gasteiger partial charge < -0.3 is 0 Å². The van der Waals surface area contributed by atoms with E-state index in [-0.39, 0.29) is 6.04 Å². The summed E-state index contributed by atoms with van der Waals surface area (Å²) in [5.41, 5.74) is 3.23. The molecule has 4 nitrogen and oxygen atoms in total. The van der Waals surface area contributed by atoms with Gasteiger partial charge in [-0.2, -0.15) is 10.5 Å². The molecular weight excluding hydrogens is 200 g/mol. The van der Waals surface area contributed by atoms with E-state index >= 15 is 0 Å². The SMILES string of the molecule is CC(C#N)N(NCCC#N)C1CCCCC1. The van der Waals surface area contributed by atoms with Crippen molar-refractivity contribution in [3.8, 4) is 12.1 Å². The maximum Gasteiger partial charge on any atom is 0.108 e. The van der Waals surface area contributed by atoms with Gasteiger partial charge in [0.15, 0.2) is 0 Å². The van der Waals surface area contributed by atoms with Crippen LogP contribution in [0.4, 0.5) is 0 Å². The lowest BCUT2D eigenvalue weighted by Crippen LogP contribution is -2.51. The first-order valence-corrected chi connectivity index (χ1v) is 6.08. The Morgan fingerprint density at radius 1 is 1.31 bits per heavy atom. The zero-order valence-electron chi connectivity index (χ0n) is 9.95. The smallest absolute Gasteiger partial charge is 0.108 e. The number of nitrogens with one attached hydrogen (secondary N) is 1. The average Bonchev–Trinajstić information content (AvgIpc) is 2.35. The first-order valence-electron chi connectivity index (χ1n) is 6.08.